The third kappa shape index (κ3) is 3.40. The Labute approximate surface area is 136 Å². The Morgan fingerprint density at radius 2 is 1.73 bits per heavy atom. The lowest BCUT2D eigenvalue weighted by Gasteiger charge is -1.98. The van der Waals surface area contributed by atoms with E-state index < -0.39 is 5.97 Å². The molecule has 22 heavy (non-hydrogen) atoms. The second kappa shape index (κ2) is 6.54. The minimum Gasteiger partial charge on any atom is -0.402 e. The Kier molecular flexibility index (Phi) is 4.30. The van der Waals surface area contributed by atoms with E-state index in [0.717, 1.165) is 15.6 Å². The van der Waals surface area contributed by atoms with Gasteiger partial charge in [-0.2, -0.15) is 0 Å². The number of allylic oxidation sites excluding steroid dienone is 2. The summed E-state index contributed by atoms with van der Waals surface area (Å²) in [5.74, 6) is -0.104. The van der Waals surface area contributed by atoms with Gasteiger partial charge in [0.05, 0.1) is 0 Å². The molecule has 1 aliphatic rings. The highest BCUT2D eigenvalue weighted by Gasteiger charge is 2.23. The fourth-order valence-electron chi connectivity index (χ4n) is 1.95. The third-order valence-corrected chi connectivity index (χ3v) is 3.58. The van der Waals surface area contributed by atoms with E-state index in [-0.39, 0.29) is 0 Å². The van der Waals surface area contributed by atoms with Crippen LogP contribution in [0.1, 0.15) is 11.1 Å². The van der Waals surface area contributed by atoms with Gasteiger partial charge in [0.1, 0.15) is 0 Å². The average Bonchev–Trinajstić information content (AvgIpc) is 2.90. The second-order valence-corrected chi connectivity index (χ2v) is 5.55. The molecule has 4 heteroatoms. The Hall–Kier alpha value is -2.46. The Morgan fingerprint density at radius 1 is 1.00 bits per heavy atom. The first-order valence-corrected chi connectivity index (χ1v) is 7.52. The molecule has 0 saturated heterocycles. The molecule has 2 aromatic rings. The van der Waals surface area contributed by atoms with Gasteiger partial charge in [0.25, 0.3) is 0 Å². The molecule has 3 nitrogen and oxygen atoms in total. The van der Waals surface area contributed by atoms with E-state index in [0.29, 0.717) is 11.6 Å². The lowest BCUT2D eigenvalue weighted by atomic mass is 10.2. The molecule has 0 fully saturated rings. The Morgan fingerprint density at radius 3 is 2.45 bits per heavy atom. The van der Waals surface area contributed by atoms with Crippen LogP contribution in [-0.4, -0.2) is 11.9 Å². The van der Waals surface area contributed by atoms with Crippen LogP contribution in [0.3, 0.4) is 0 Å². The van der Waals surface area contributed by atoms with Crippen molar-refractivity contribution >= 4 is 33.9 Å². The van der Waals surface area contributed by atoms with Crippen LogP contribution in [0.5, 0.6) is 0 Å². The Balaban J connectivity index is 1.79. The van der Waals surface area contributed by atoms with E-state index in [4.69, 9.17) is 4.74 Å². The number of hydrogen-bond donors (Lipinski definition) is 0. The second-order valence-electron chi connectivity index (χ2n) is 4.64. The summed E-state index contributed by atoms with van der Waals surface area (Å²) in [7, 11) is 0. The van der Waals surface area contributed by atoms with Crippen molar-refractivity contribution in [3.63, 3.8) is 0 Å². The number of hydrogen-bond acceptors (Lipinski definition) is 3. The van der Waals surface area contributed by atoms with Crippen LogP contribution in [0, 0.1) is 0 Å². The molecule has 0 bridgehead atoms. The summed E-state index contributed by atoms with van der Waals surface area (Å²) in [6.07, 6.45) is 5.36. The number of ether oxygens (including phenoxy) is 1. The molecule has 0 unspecified atom stereocenters. The fraction of sp³-hybridized carbons (Fsp3) is 0. The fourth-order valence-corrected chi connectivity index (χ4v) is 2.22. The largest absolute Gasteiger partial charge is 0.402 e. The number of carbonyl (C=O) groups is 1. The van der Waals surface area contributed by atoms with Crippen LogP contribution < -0.4 is 0 Å². The number of rotatable bonds is 3. The SMILES string of the molecule is O=C1OC(c2ccc(Br)cc2)=N/C1=C/C=C/c1ccccc1. The van der Waals surface area contributed by atoms with Crippen molar-refractivity contribution in [3.8, 4) is 0 Å². The molecule has 0 aromatic heterocycles. The maximum atomic E-state index is 11.8. The van der Waals surface area contributed by atoms with Gasteiger partial charge in [0.15, 0.2) is 5.70 Å². The highest BCUT2D eigenvalue weighted by atomic mass is 79.9. The van der Waals surface area contributed by atoms with Gasteiger partial charge in [-0.15, -0.1) is 0 Å². The average molecular weight is 354 g/mol. The van der Waals surface area contributed by atoms with Gasteiger partial charge in [0, 0.05) is 10.0 Å². The van der Waals surface area contributed by atoms with Crippen molar-refractivity contribution < 1.29 is 9.53 Å². The molecular formula is C18H12BrNO2. The quantitative estimate of drug-likeness (QED) is 0.607. The predicted molar refractivity (Wildman–Crippen MR) is 90.3 cm³/mol. The van der Waals surface area contributed by atoms with Crippen molar-refractivity contribution in [3.05, 3.63) is 88.0 Å². The minimum absolute atomic E-state index is 0.296. The van der Waals surface area contributed by atoms with Gasteiger partial charge < -0.3 is 4.74 Å². The first-order valence-electron chi connectivity index (χ1n) is 6.72. The molecule has 0 aliphatic carbocycles. The molecule has 2 aromatic carbocycles. The van der Waals surface area contributed by atoms with Crippen molar-refractivity contribution in [2.24, 2.45) is 4.99 Å². The van der Waals surface area contributed by atoms with E-state index >= 15 is 0 Å². The van der Waals surface area contributed by atoms with E-state index in [9.17, 15) is 4.79 Å². The van der Waals surface area contributed by atoms with Crippen molar-refractivity contribution in [1.82, 2.24) is 0 Å². The number of benzene rings is 2. The zero-order valence-corrected chi connectivity index (χ0v) is 13.2. The number of cyclic esters (lactones) is 1. The molecule has 0 spiro atoms. The van der Waals surface area contributed by atoms with Crippen LogP contribution in [0.25, 0.3) is 6.08 Å². The summed E-state index contributed by atoms with van der Waals surface area (Å²) < 4.78 is 6.16. The predicted octanol–water partition coefficient (Wildman–Crippen LogP) is 4.35. The zero-order chi connectivity index (χ0) is 15.4. The number of aliphatic imine (C=N–C) groups is 1. The van der Waals surface area contributed by atoms with Crippen LogP contribution >= 0.6 is 15.9 Å². The molecule has 0 amide bonds. The number of nitrogens with zero attached hydrogens (tertiary/aromatic N) is 1. The topological polar surface area (TPSA) is 38.7 Å². The lowest BCUT2D eigenvalue weighted by Crippen LogP contribution is -2.04. The zero-order valence-electron chi connectivity index (χ0n) is 11.6. The molecule has 1 aliphatic heterocycles. The standard InChI is InChI=1S/C18H12BrNO2/c19-15-11-9-14(10-12-15)17-20-16(18(21)22-17)8-4-7-13-5-2-1-3-6-13/h1-12H/b7-4+,16-8+. The summed E-state index contributed by atoms with van der Waals surface area (Å²) in [6, 6.07) is 17.3. The highest BCUT2D eigenvalue weighted by Crippen LogP contribution is 2.18. The van der Waals surface area contributed by atoms with Crippen LogP contribution in [-0.2, 0) is 9.53 Å². The molecule has 0 N–H and O–H groups in total. The maximum Gasteiger partial charge on any atom is 0.363 e. The lowest BCUT2D eigenvalue weighted by molar-refractivity contribution is -0.130. The van der Waals surface area contributed by atoms with Gasteiger partial charge in [-0.3, -0.25) is 0 Å². The maximum absolute atomic E-state index is 11.8. The summed E-state index contributed by atoms with van der Waals surface area (Å²) >= 11 is 3.37. The number of halogens is 1. The smallest absolute Gasteiger partial charge is 0.363 e. The van der Waals surface area contributed by atoms with Gasteiger partial charge in [-0.25, -0.2) is 9.79 Å². The molecule has 0 saturated carbocycles. The molecule has 1 heterocycles. The van der Waals surface area contributed by atoms with E-state index in [1.807, 2.05) is 60.7 Å². The normalized spacial score (nSPS) is 16.1. The Bertz CT molecular complexity index is 774. The van der Waals surface area contributed by atoms with E-state index in [1.165, 1.54) is 0 Å². The van der Waals surface area contributed by atoms with E-state index in [1.54, 1.807) is 12.2 Å². The molecule has 3 rings (SSSR count). The molecular weight excluding hydrogens is 342 g/mol. The number of esters is 1. The first-order chi connectivity index (χ1) is 10.7. The van der Waals surface area contributed by atoms with Gasteiger partial charge >= 0.3 is 5.97 Å². The summed E-state index contributed by atoms with van der Waals surface area (Å²) in [5, 5.41) is 0. The minimum atomic E-state index is -0.435. The molecule has 108 valence electrons. The highest BCUT2D eigenvalue weighted by molar-refractivity contribution is 9.10. The van der Waals surface area contributed by atoms with Gasteiger partial charge in [-0.1, -0.05) is 58.4 Å². The molecule has 0 atom stereocenters. The summed E-state index contributed by atoms with van der Waals surface area (Å²) in [5.41, 5.74) is 2.12. The third-order valence-electron chi connectivity index (χ3n) is 3.05. The van der Waals surface area contributed by atoms with Crippen LogP contribution in [0.4, 0.5) is 0 Å². The van der Waals surface area contributed by atoms with Crippen LogP contribution in [0.2, 0.25) is 0 Å². The summed E-state index contributed by atoms with van der Waals surface area (Å²) in [4.78, 5) is 16.1. The van der Waals surface area contributed by atoms with Gasteiger partial charge in [0.2, 0.25) is 5.90 Å². The van der Waals surface area contributed by atoms with E-state index in [2.05, 4.69) is 20.9 Å². The first kappa shape index (κ1) is 14.5. The summed E-state index contributed by atoms with van der Waals surface area (Å²) in [6.45, 7) is 0. The monoisotopic (exact) mass is 353 g/mol. The van der Waals surface area contributed by atoms with Crippen molar-refractivity contribution in [2.75, 3.05) is 0 Å². The van der Waals surface area contributed by atoms with Crippen molar-refractivity contribution in [2.45, 2.75) is 0 Å². The van der Waals surface area contributed by atoms with Gasteiger partial charge in [-0.05, 0) is 35.9 Å². The van der Waals surface area contributed by atoms with Crippen LogP contribution in [0.15, 0.2) is 81.9 Å². The molecule has 0 radical (unpaired) electrons. The van der Waals surface area contributed by atoms with Crippen molar-refractivity contribution in [1.29, 1.82) is 0 Å². The number of carbonyl (C=O) groups excluding carboxylic acids is 1.